The van der Waals surface area contributed by atoms with E-state index in [9.17, 15) is 9.59 Å². The largest absolute Gasteiger partial charge is 0.338 e. The Kier molecular flexibility index (Phi) is 4.67. The number of nitrogens with zero attached hydrogens (tertiary/aromatic N) is 5. The van der Waals surface area contributed by atoms with Crippen molar-refractivity contribution in [1.29, 1.82) is 0 Å². The van der Waals surface area contributed by atoms with Gasteiger partial charge in [0.1, 0.15) is 0 Å². The number of hydrogen-bond donors (Lipinski definition) is 0. The summed E-state index contributed by atoms with van der Waals surface area (Å²) in [6.45, 7) is 5.44. The second kappa shape index (κ2) is 7.55. The Balaban J connectivity index is 0.985. The summed E-state index contributed by atoms with van der Waals surface area (Å²) in [5.74, 6) is 2.19. The van der Waals surface area contributed by atoms with Crippen LogP contribution in [0.3, 0.4) is 0 Å². The van der Waals surface area contributed by atoms with E-state index in [1.807, 2.05) is 6.07 Å². The lowest BCUT2D eigenvalue weighted by Gasteiger charge is -2.51. The van der Waals surface area contributed by atoms with Crippen LogP contribution in [0.15, 0.2) is 42.8 Å². The quantitative estimate of drug-likeness (QED) is 0.396. The lowest BCUT2D eigenvalue weighted by molar-refractivity contribution is -0.140. The summed E-state index contributed by atoms with van der Waals surface area (Å²) in [5.41, 5.74) is 0. The minimum atomic E-state index is -0.109. The monoisotopic (exact) mass is 419 g/mol. The van der Waals surface area contributed by atoms with Crippen LogP contribution >= 0.6 is 0 Å². The van der Waals surface area contributed by atoms with Gasteiger partial charge < -0.3 is 4.90 Å². The molecule has 3 heterocycles. The summed E-state index contributed by atoms with van der Waals surface area (Å²) in [5, 5.41) is 0. The molecule has 7 nitrogen and oxygen atoms in total. The van der Waals surface area contributed by atoms with Gasteiger partial charge in [0, 0.05) is 45.1 Å². The fraction of sp³-hybridized carbons (Fsp3) is 0.583. The first kappa shape index (κ1) is 19.2. The van der Waals surface area contributed by atoms with Crippen molar-refractivity contribution in [3.05, 3.63) is 42.8 Å². The molecular weight excluding hydrogens is 390 g/mol. The van der Waals surface area contributed by atoms with Crippen molar-refractivity contribution in [1.82, 2.24) is 19.8 Å². The van der Waals surface area contributed by atoms with Gasteiger partial charge in [0.25, 0.3) is 0 Å². The van der Waals surface area contributed by atoms with Crippen molar-refractivity contribution in [2.24, 2.45) is 35.5 Å². The van der Waals surface area contributed by atoms with Crippen LogP contribution in [0.25, 0.3) is 0 Å². The number of anilines is 1. The summed E-state index contributed by atoms with van der Waals surface area (Å²) in [7, 11) is 0. The predicted octanol–water partition coefficient (Wildman–Crippen LogP) is 1.60. The number of aromatic nitrogens is 2. The third-order valence-electron chi connectivity index (χ3n) is 8.08. The van der Waals surface area contributed by atoms with Crippen LogP contribution in [0.1, 0.15) is 12.8 Å². The Morgan fingerprint density at radius 2 is 1.29 bits per heavy atom. The summed E-state index contributed by atoms with van der Waals surface area (Å²) >= 11 is 0. The topological polar surface area (TPSA) is 69.6 Å². The molecule has 0 aromatic carbocycles. The van der Waals surface area contributed by atoms with Gasteiger partial charge in [-0.25, -0.2) is 9.97 Å². The predicted molar refractivity (Wildman–Crippen MR) is 116 cm³/mol. The Hall–Kier alpha value is -2.54. The molecule has 7 rings (SSSR count). The Morgan fingerprint density at radius 3 is 1.87 bits per heavy atom. The van der Waals surface area contributed by atoms with Crippen LogP contribution in [0.5, 0.6) is 0 Å². The third kappa shape index (κ3) is 3.04. The number of hydrogen-bond acceptors (Lipinski definition) is 6. The standard InChI is InChI=1S/C24H29N5O2/c30-22-20-18-6-7-19(17-5-4-16(17)18)21(20)23(31)29(22)11-2-1-10-27-12-14-28(15-13-27)24-25-8-3-9-26-24/h3-9,16-21H,1-2,10-15H2/t16-,17+,18+,19-,20-,21+. The van der Waals surface area contributed by atoms with Crippen LogP contribution in [0.4, 0.5) is 5.95 Å². The number of unbranched alkanes of at least 4 members (excludes halogenated alkanes) is 1. The van der Waals surface area contributed by atoms with Crippen molar-refractivity contribution in [3.63, 3.8) is 0 Å². The molecule has 2 bridgehead atoms. The molecule has 6 aliphatic rings. The van der Waals surface area contributed by atoms with Crippen molar-refractivity contribution in [2.45, 2.75) is 12.8 Å². The number of rotatable bonds is 6. The highest BCUT2D eigenvalue weighted by molar-refractivity contribution is 6.06. The number of allylic oxidation sites excluding steroid dienone is 4. The Bertz CT molecular complexity index is 883. The molecule has 1 aromatic rings. The number of piperazine rings is 1. The minimum absolute atomic E-state index is 0.0876. The van der Waals surface area contributed by atoms with E-state index in [1.165, 1.54) is 0 Å². The third-order valence-corrected chi connectivity index (χ3v) is 8.08. The number of imide groups is 1. The van der Waals surface area contributed by atoms with E-state index >= 15 is 0 Å². The average Bonchev–Trinajstić information content (AvgIpc) is 3.04. The van der Waals surface area contributed by atoms with E-state index in [1.54, 1.807) is 17.3 Å². The van der Waals surface area contributed by atoms with Gasteiger partial charge in [-0.3, -0.25) is 19.4 Å². The fourth-order valence-electron chi connectivity index (χ4n) is 6.40. The molecule has 4 aliphatic carbocycles. The van der Waals surface area contributed by atoms with E-state index in [2.05, 4.69) is 44.1 Å². The van der Waals surface area contributed by atoms with Crippen molar-refractivity contribution in [3.8, 4) is 0 Å². The fourth-order valence-corrected chi connectivity index (χ4v) is 6.40. The maximum absolute atomic E-state index is 13.1. The number of likely N-dealkylation sites (tertiary alicyclic amines) is 1. The van der Waals surface area contributed by atoms with Crippen LogP contribution in [-0.4, -0.2) is 70.9 Å². The highest BCUT2D eigenvalue weighted by Gasteiger charge is 2.62. The van der Waals surface area contributed by atoms with E-state index in [-0.39, 0.29) is 35.5 Å². The van der Waals surface area contributed by atoms with E-state index < -0.39 is 0 Å². The van der Waals surface area contributed by atoms with Crippen LogP contribution in [0.2, 0.25) is 0 Å². The van der Waals surface area contributed by atoms with E-state index in [4.69, 9.17) is 0 Å². The molecule has 0 unspecified atom stereocenters. The molecule has 2 aliphatic heterocycles. The Labute approximate surface area is 182 Å². The lowest BCUT2D eigenvalue weighted by atomic mass is 9.50. The molecular formula is C24H29N5O2. The van der Waals surface area contributed by atoms with Crippen LogP contribution in [-0.2, 0) is 9.59 Å². The normalized spacial score (nSPS) is 36.0. The van der Waals surface area contributed by atoms with Gasteiger partial charge in [-0.15, -0.1) is 0 Å². The van der Waals surface area contributed by atoms with E-state index in [0.29, 0.717) is 18.4 Å². The summed E-state index contributed by atoms with van der Waals surface area (Å²) in [4.78, 5) is 41.2. The second-order valence-corrected chi connectivity index (χ2v) is 9.54. The first-order valence-electron chi connectivity index (χ1n) is 11.7. The molecule has 162 valence electrons. The molecule has 0 spiro atoms. The van der Waals surface area contributed by atoms with Gasteiger partial charge in [-0.2, -0.15) is 0 Å². The summed E-state index contributed by atoms with van der Waals surface area (Å²) < 4.78 is 0. The molecule has 2 saturated heterocycles. The highest BCUT2D eigenvalue weighted by Crippen LogP contribution is 2.58. The maximum atomic E-state index is 13.1. The zero-order valence-corrected chi connectivity index (χ0v) is 17.7. The first-order valence-corrected chi connectivity index (χ1v) is 11.7. The highest BCUT2D eigenvalue weighted by atomic mass is 16.2. The van der Waals surface area contributed by atoms with E-state index in [0.717, 1.165) is 51.5 Å². The number of carbonyl (C=O) groups excluding carboxylic acids is 2. The molecule has 3 fully saturated rings. The Morgan fingerprint density at radius 1 is 0.742 bits per heavy atom. The van der Waals surface area contributed by atoms with Crippen molar-refractivity contribution < 1.29 is 9.59 Å². The second-order valence-electron chi connectivity index (χ2n) is 9.54. The molecule has 7 heteroatoms. The molecule has 0 N–H and O–H groups in total. The number of carbonyl (C=O) groups is 2. The zero-order valence-electron chi connectivity index (χ0n) is 17.7. The zero-order chi connectivity index (χ0) is 20.9. The van der Waals surface area contributed by atoms with Gasteiger partial charge in [-0.05, 0) is 49.1 Å². The first-order chi connectivity index (χ1) is 15.2. The average molecular weight is 420 g/mol. The van der Waals surface area contributed by atoms with Gasteiger partial charge in [0.05, 0.1) is 11.8 Å². The molecule has 6 atom stereocenters. The molecule has 0 radical (unpaired) electrons. The molecule has 1 saturated carbocycles. The van der Waals surface area contributed by atoms with Crippen molar-refractivity contribution in [2.75, 3.05) is 44.2 Å². The lowest BCUT2D eigenvalue weighted by Crippen LogP contribution is -2.50. The minimum Gasteiger partial charge on any atom is -0.338 e. The maximum Gasteiger partial charge on any atom is 0.233 e. The van der Waals surface area contributed by atoms with Crippen LogP contribution < -0.4 is 4.90 Å². The summed E-state index contributed by atoms with van der Waals surface area (Å²) in [6, 6.07) is 1.84. The van der Waals surface area contributed by atoms with Crippen molar-refractivity contribution >= 4 is 17.8 Å². The van der Waals surface area contributed by atoms with Gasteiger partial charge >= 0.3 is 0 Å². The van der Waals surface area contributed by atoms with Gasteiger partial charge in [0.2, 0.25) is 17.8 Å². The smallest absolute Gasteiger partial charge is 0.233 e. The number of amides is 2. The molecule has 2 amide bonds. The summed E-state index contributed by atoms with van der Waals surface area (Å²) in [6.07, 6.45) is 14.4. The van der Waals surface area contributed by atoms with Gasteiger partial charge in [-0.1, -0.05) is 24.3 Å². The molecule has 1 aromatic heterocycles. The van der Waals surface area contributed by atoms with Gasteiger partial charge in [0.15, 0.2) is 0 Å². The SMILES string of the molecule is O=C1[C@@H]2[C@H]3C=C[C@H]([C@H]4C=C[C@H]43)[C@@H]2C(=O)N1CCCCN1CCN(c2ncccn2)CC1. The molecule has 31 heavy (non-hydrogen) atoms. The van der Waals surface area contributed by atoms with Crippen LogP contribution in [0, 0.1) is 35.5 Å².